The van der Waals surface area contributed by atoms with E-state index in [0.29, 0.717) is 32.1 Å². The number of ether oxygens (including phenoxy) is 1. The number of nitrogens with one attached hydrogen (secondary N) is 2. The number of nitrogens with zero attached hydrogens (tertiary/aromatic N) is 1. The Balaban J connectivity index is 0.00000288. The Morgan fingerprint density at radius 3 is 2.88 bits per heavy atom. The van der Waals surface area contributed by atoms with Crippen LogP contribution in [0.1, 0.15) is 25.3 Å². The van der Waals surface area contributed by atoms with Gasteiger partial charge in [-0.15, -0.1) is 24.0 Å². The maximum Gasteiger partial charge on any atom is 0.191 e. The van der Waals surface area contributed by atoms with Crippen molar-refractivity contribution in [3.63, 3.8) is 0 Å². The fourth-order valence-corrected chi connectivity index (χ4v) is 2.73. The fraction of sp³-hybridized carbons (Fsp3) is 0.588. The van der Waals surface area contributed by atoms with Gasteiger partial charge in [-0.3, -0.25) is 0 Å². The van der Waals surface area contributed by atoms with E-state index >= 15 is 0 Å². The number of aliphatic imine (C=N–C) groups is 1. The van der Waals surface area contributed by atoms with Crippen LogP contribution < -0.4 is 10.6 Å². The van der Waals surface area contributed by atoms with E-state index in [1.807, 2.05) is 13.0 Å². The van der Waals surface area contributed by atoms with Crippen molar-refractivity contribution in [3.05, 3.63) is 35.6 Å². The summed E-state index contributed by atoms with van der Waals surface area (Å²) in [4.78, 5) is 4.50. The molecule has 1 fully saturated rings. The SMILES string of the molecule is CCNC(=NCc1cccc(F)c1)NCC1(CCO)CCOC1.I. The third-order valence-corrected chi connectivity index (χ3v) is 4.11. The van der Waals surface area contributed by atoms with E-state index in [1.54, 1.807) is 6.07 Å². The highest BCUT2D eigenvalue weighted by molar-refractivity contribution is 14.0. The van der Waals surface area contributed by atoms with Gasteiger partial charge in [0.1, 0.15) is 5.82 Å². The van der Waals surface area contributed by atoms with E-state index in [4.69, 9.17) is 4.74 Å². The first kappa shape index (κ1) is 21.1. The monoisotopic (exact) mass is 451 g/mol. The van der Waals surface area contributed by atoms with Crippen molar-refractivity contribution < 1.29 is 14.2 Å². The number of rotatable bonds is 7. The molecule has 0 aliphatic carbocycles. The van der Waals surface area contributed by atoms with E-state index in [2.05, 4.69) is 15.6 Å². The van der Waals surface area contributed by atoms with Crippen LogP contribution in [0.15, 0.2) is 29.3 Å². The molecule has 1 saturated heterocycles. The zero-order valence-electron chi connectivity index (χ0n) is 14.1. The zero-order chi connectivity index (χ0) is 16.5. The van der Waals surface area contributed by atoms with Crippen molar-refractivity contribution in [1.29, 1.82) is 0 Å². The maximum absolute atomic E-state index is 13.2. The highest BCUT2D eigenvalue weighted by Gasteiger charge is 2.34. The standard InChI is InChI=1S/C17H26FN3O2.HI/c1-2-19-16(20-11-14-4-3-5-15(18)10-14)21-12-17(6-8-22)7-9-23-13-17;/h3-5,10,22H,2,6-9,11-13H2,1H3,(H2,19,20,21);1H. The normalized spacial score (nSPS) is 20.5. The number of hydrogen-bond acceptors (Lipinski definition) is 3. The van der Waals surface area contributed by atoms with Crippen molar-refractivity contribution in [1.82, 2.24) is 10.6 Å². The smallest absolute Gasteiger partial charge is 0.191 e. The van der Waals surface area contributed by atoms with Crippen LogP contribution >= 0.6 is 24.0 Å². The molecule has 1 heterocycles. The summed E-state index contributed by atoms with van der Waals surface area (Å²) in [6.07, 6.45) is 1.65. The minimum atomic E-state index is -0.249. The Labute approximate surface area is 160 Å². The summed E-state index contributed by atoms with van der Waals surface area (Å²) < 4.78 is 18.7. The molecule has 1 aromatic rings. The Bertz CT molecular complexity index is 522. The van der Waals surface area contributed by atoms with Crippen LogP contribution in [0.2, 0.25) is 0 Å². The third kappa shape index (κ3) is 6.52. The van der Waals surface area contributed by atoms with Crippen LogP contribution in [-0.4, -0.2) is 44.0 Å². The van der Waals surface area contributed by atoms with Gasteiger partial charge in [0.05, 0.1) is 13.2 Å². The number of hydrogen-bond donors (Lipinski definition) is 3. The lowest BCUT2D eigenvalue weighted by Crippen LogP contribution is -2.44. The lowest BCUT2D eigenvalue weighted by Gasteiger charge is -2.27. The predicted octanol–water partition coefficient (Wildman–Crippen LogP) is 2.29. The van der Waals surface area contributed by atoms with Crippen LogP contribution in [0.5, 0.6) is 0 Å². The molecule has 1 aromatic carbocycles. The molecule has 0 saturated carbocycles. The van der Waals surface area contributed by atoms with Crippen LogP contribution in [0.4, 0.5) is 4.39 Å². The number of guanidine groups is 1. The third-order valence-electron chi connectivity index (χ3n) is 4.11. The van der Waals surface area contributed by atoms with Gasteiger partial charge in [0.2, 0.25) is 0 Å². The van der Waals surface area contributed by atoms with Gasteiger partial charge in [-0.05, 0) is 37.5 Å². The Kier molecular flexibility index (Phi) is 9.53. The Morgan fingerprint density at radius 1 is 1.42 bits per heavy atom. The first-order valence-corrected chi connectivity index (χ1v) is 8.13. The minimum Gasteiger partial charge on any atom is -0.396 e. The lowest BCUT2D eigenvalue weighted by molar-refractivity contribution is 0.127. The molecule has 0 spiro atoms. The molecule has 7 heteroatoms. The zero-order valence-corrected chi connectivity index (χ0v) is 16.4. The highest BCUT2D eigenvalue weighted by Crippen LogP contribution is 2.31. The molecule has 136 valence electrons. The summed E-state index contributed by atoms with van der Waals surface area (Å²) >= 11 is 0. The molecule has 3 N–H and O–H groups in total. The molecule has 1 unspecified atom stereocenters. The van der Waals surface area contributed by atoms with Gasteiger partial charge < -0.3 is 20.5 Å². The van der Waals surface area contributed by atoms with Gasteiger partial charge in [0.25, 0.3) is 0 Å². The Hall–Kier alpha value is -0.930. The summed E-state index contributed by atoms with van der Waals surface area (Å²) in [5.41, 5.74) is 0.792. The van der Waals surface area contributed by atoms with Crippen molar-refractivity contribution in [2.75, 3.05) is 32.9 Å². The maximum atomic E-state index is 13.2. The van der Waals surface area contributed by atoms with Gasteiger partial charge >= 0.3 is 0 Å². The summed E-state index contributed by atoms with van der Waals surface area (Å²) in [5.74, 6) is 0.446. The summed E-state index contributed by atoms with van der Waals surface area (Å²) in [5, 5.41) is 15.8. The highest BCUT2D eigenvalue weighted by atomic mass is 127. The van der Waals surface area contributed by atoms with Gasteiger partial charge in [-0.25, -0.2) is 9.38 Å². The van der Waals surface area contributed by atoms with Crippen LogP contribution in [-0.2, 0) is 11.3 Å². The second-order valence-corrected chi connectivity index (χ2v) is 5.95. The quantitative estimate of drug-likeness (QED) is 0.338. The average molecular weight is 451 g/mol. The first-order valence-electron chi connectivity index (χ1n) is 8.13. The molecule has 0 amide bonds. The van der Waals surface area contributed by atoms with Crippen molar-refractivity contribution in [2.24, 2.45) is 10.4 Å². The van der Waals surface area contributed by atoms with Crippen molar-refractivity contribution >= 4 is 29.9 Å². The molecule has 2 rings (SSSR count). The molecular weight excluding hydrogens is 424 g/mol. The number of halogens is 2. The Morgan fingerprint density at radius 2 is 2.25 bits per heavy atom. The molecule has 1 aliphatic rings. The first-order chi connectivity index (χ1) is 11.2. The van der Waals surface area contributed by atoms with Crippen LogP contribution in [0.3, 0.4) is 0 Å². The molecule has 1 atom stereocenters. The molecule has 1 aliphatic heterocycles. The molecule has 24 heavy (non-hydrogen) atoms. The molecule has 0 radical (unpaired) electrons. The van der Waals surface area contributed by atoms with Crippen LogP contribution in [0.25, 0.3) is 0 Å². The molecule has 0 aromatic heterocycles. The average Bonchev–Trinajstić information content (AvgIpc) is 2.99. The van der Waals surface area contributed by atoms with E-state index < -0.39 is 0 Å². The van der Waals surface area contributed by atoms with E-state index in [-0.39, 0.29) is 41.8 Å². The van der Waals surface area contributed by atoms with Gasteiger partial charge in [-0.1, -0.05) is 12.1 Å². The van der Waals surface area contributed by atoms with Crippen molar-refractivity contribution in [3.8, 4) is 0 Å². The van der Waals surface area contributed by atoms with E-state index in [9.17, 15) is 9.50 Å². The van der Waals surface area contributed by atoms with Gasteiger partial charge in [-0.2, -0.15) is 0 Å². The molecular formula is C17H27FIN3O2. The minimum absolute atomic E-state index is 0. The second-order valence-electron chi connectivity index (χ2n) is 5.95. The second kappa shape index (κ2) is 10.8. The number of aliphatic hydroxyl groups excluding tert-OH is 1. The summed E-state index contributed by atoms with van der Waals surface area (Å²) in [6, 6.07) is 6.46. The van der Waals surface area contributed by atoms with E-state index in [0.717, 1.165) is 25.1 Å². The predicted molar refractivity (Wildman–Crippen MR) is 104 cm³/mol. The van der Waals surface area contributed by atoms with Gasteiger partial charge in [0.15, 0.2) is 5.96 Å². The van der Waals surface area contributed by atoms with Gasteiger partial charge in [0, 0.05) is 31.7 Å². The van der Waals surface area contributed by atoms with Crippen molar-refractivity contribution in [2.45, 2.75) is 26.3 Å². The topological polar surface area (TPSA) is 65.9 Å². The largest absolute Gasteiger partial charge is 0.396 e. The molecule has 5 nitrogen and oxygen atoms in total. The van der Waals surface area contributed by atoms with Crippen LogP contribution in [0, 0.1) is 11.2 Å². The fourth-order valence-electron chi connectivity index (χ4n) is 2.73. The number of benzene rings is 1. The summed E-state index contributed by atoms with van der Waals surface area (Å²) in [6.45, 7) is 5.41. The van der Waals surface area contributed by atoms with E-state index in [1.165, 1.54) is 12.1 Å². The number of aliphatic hydroxyl groups is 1. The summed E-state index contributed by atoms with van der Waals surface area (Å²) in [7, 11) is 0. The molecule has 0 bridgehead atoms. The lowest BCUT2D eigenvalue weighted by atomic mass is 9.84.